The molecule has 2 aromatic rings. The third kappa shape index (κ3) is 4.04. The first kappa shape index (κ1) is 16.9. The lowest BCUT2D eigenvalue weighted by Gasteiger charge is -2.15. The molecule has 2 aromatic carbocycles. The van der Waals surface area contributed by atoms with Crippen molar-refractivity contribution < 1.29 is 28.2 Å². The third-order valence-electron chi connectivity index (χ3n) is 3.30. The van der Waals surface area contributed by atoms with Gasteiger partial charge in [0.1, 0.15) is 12.7 Å². The van der Waals surface area contributed by atoms with Crippen LogP contribution in [0, 0.1) is 11.6 Å². The van der Waals surface area contributed by atoms with Crippen molar-refractivity contribution in [3.8, 4) is 11.5 Å². The topological polar surface area (TPSA) is 55.8 Å². The lowest BCUT2D eigenvalue weighted by molar-refractivity contribution is 0.101. The summed E-state index contributed by atoms with van der Waals surface area (Å²) in [5.74, 6) is -1.46. The van der Waals surface area contributed by atoms with Gasteiger partial charge < -0.3 is 14.6 Å². The minimum absolute atomic E-state index is 0.114. The summed E-state index contributed by atoms with van der Waals surface area (Å²) in [6.45, 7) is 1.25. The van der Waals surface area contributed by atoms with Gasteiger partial charge in [0, 0.05) is 5.56 Å². The molecule has 6 heteroatoms. The van der Waals surface area contributed by atoms with Crippen molar-refractivity contribution in [3.05, 3.63) is 59.2 Å². The van der Waals surface area contributed by atoms with Gasteiger partial charge in [-0.15, -0.1) is 0 Å². The molecule has 0 radical (unpaired) electrons. The van der Waals surface area contributed by atoms with Gasteiger partial charge in [-0.05, 0) is 42.8 Å². The predicted molar refractivity (Wildman–Crippen MR) is 79.8 cm³/mol. The van der Waals surface area contributed by atoms with Gasteiger partial charge in [-0.25, -0.2) is 8.78 Å². The number of benzene rings is 2. The number of carbonyl (C=O) groups excluding carboxylic acids is 1. The molecule has 1 atom stereocenters. The molecule has 4 nitrogen and oxygen atoms in total. The summed E-state index contributed by atoms with van der Waals surface area (Å²) in [6, 6.07) is 7.79. The van der Waals surface area contributed by atoms with Crippen molar-refractivity contribution >= 4 is 5.78 Å². The van der Waals surface area contributed by atoms with Gasteiger partial charge in [0.15, 0.2) is 28.9 Å². The molecule has 0 heterocycles. The van der Waals surface area contributed by atoms with Crippen LogP contribution in [0.5, 0.6) is 11.5 Å². The molecule has 0 spiro atoms. The Bertz CT molecular complexity index is 716. The van der Waals surface area contributed by atoms with E-state index in [1.54, 1.807) is 12.1 Å². The van der Waals surface area contributed by atoms with Crippen LogP contribution in [0.3, 0.4) is 0 Å². The monoisotopic (exact) mass is 322 g/mol. The standard InChI is InChI=1S/C17H16F2O4/c1-10(20)11-4-6-16(17(8-11)22-2)23-9-15(21)12-3-5-13(18)14(19)7-12/h3-8,15,21H,9H2,1-2H3. The normalized spacial score (nSPS) is 11.9. The molecule has 0 saturated carbocycles. The summed E-state index contributed by atoms with van der Waals surface area (Å²) >= 11 is 0. The van der Waals surface area contributed by atoms with Crippen molar-refractivity contribution in [2.75, 3.05) is 13.7 Å². The molecule has 0 saturated heterocycles. The number of aliphatic hydroxyl groups is 1. The van der Waals surface area contributed by atoms with E-state index in [0.29, 0.717) is 17.1 Å². The van der Waals surface area contributed by atoms with Crippen LogP contribution in [-0.4, -0.2) is 24.6 Å². The van der Waals surface area contributed by atoms with E-state index in [4.69, 9.17) is 9.47 Å². The molecule has 0 amide bonds. The Morgan fingerprint density at radius 3 is 2.48 bits per heavy atom. The SMILES string of the molecule is COc1cc(C(C)=O)ccc1OCC(O)c1ccc(F)c(F)c1. The molecule has 0 fully saturated rings. The number of Topliss-reactive ketones (excluding diaryl/α,β-unsaturated/α-hetero) is 1. The van der Waals surface area contributed by atoms with Crippen molar-refractivity contribution in [1.82, 2.24) is 0 Å². The lowest BCUT2D eigenvalue weighted by Crippen LogP contribution is -2.11. The Morgan fingerprint density at radius 1 is 1.13 bits per heavy atom. The van der Waals surface area contributed by atoms with Crippen LogP contribution in [0.2, 0.25) is 0 Å². The number of ether oxygens (including phenoxy) is 2. The summed E-state index contributed by atoms with van der Waals surface area (Å²) in [6.07, 6.45) is -1.14. The average molecular weight is 322 g/mol. The molecule has 0 aliphatic rings. The second-order valence-corrected chi connectivity index (χ2v) is 4.92. The number of hydrogen-bond donors (Lipinski definition) is 1. The minimum atomic E-state index is -1.14. The van der Waals surface area contributed by atoms with Crippen molar-refractivity contribution in [2.45, 2.75) is 13.0 Å². The average Bonchev–Trinajstić information content (AvgIpc) is 2.54. The number of rotatable bonds is 6. The second kappa shape index (κ2) is 7.19. The number of halogens is 2. The predicted octanol–water partition coefficient (Wildman–Crippen LogP) is 3.29. The quantitative estimate of drug-likeness (QED) is 0.829. The highest BCUT2D eigenvalue weighted by molar-refractivity contribution is 5.94. The van der Waals surface area contributed by atoms with Gasteiger partial charge >= 0.3 is 0 Å². The van der Waals surface area contributed by atoms with Crippen LogP contribution in [-0.2, 0) is 0 Å². The number of carbonyl (C=O) groups is 1. The van der Waals surface area contributed by atoms with Crippen LogP contribution >= 0.6 is 0 Å². The second-order valence-electron chi connectivity index (χ2n) is 4.92. The van der Waals surface area contributed by atoms with E-state index >= 15 is 0 Å². The van der Waals surface area contributed by atoms with E-state index in [9.17, 15) is 18.7 Å². The van der Waals surface area contributed by atoms with Crippen molar-refractivity contribution in [1.29, 1.82) is 0 Å². The molecular weight excluding hydrogens is 306 g/mol. The first-order valence-electron chi connectivity index (χ1n) is 6.87. The zero-order valence-corrected chi connectivity index (χ0v) is 12.7. The summed E-state index contributed by atoms with van der Waals surface area (Å²) in [7, 11) is 1.43. The highest BCUT2D eigenvalue weighted by atomic mass is 19.2. The van der Waals surface area contributed by atoms with Crippen LogP contribution in [0.25, 0.3) is 0 Å². The van der Waals surface area contributed by atoms with Gasteiger partial charge in [0.2, 0.25) is 0 Å². The summed E-state index contributed by atoms with van der Waals surface area (Å²) in [5.41, 5.74) is 0.665. The molecule has 1 N–H and O–H groups in total. The van der Waals surface area contributed by atoms with Gasteiger partial charge in [-0.2, -0.15) is 0 Å². The first-order chi connectivity index (χ1) is 10.9. The number of methoxy groups -OCH3 is 1. The third-order valence-corrected chi connectivity index (χ3v) is 3.30. The minimum Gasteiger partial charge on any atom is -0.493 e. The Balaban J connectivity index is 2.10. The largest absolute Gasteiger partial charge is 0.493 e. The Hall–Kier alpha value is -2.47. The zero-order chi connectivity index (χ0) is 17.0. The van der Waals surface area contributed by atoms with Crippen molar-refractivity contribution in [2.24, 2.45) is 0 Å². The smallest absolute Gasteiger partial charge is 0.161 e. The van der Waals surface area contributed by atoms with Gasteiger partial charge in [-0.1, -0.05) is 6.07 Å². The van der Waals surface area contributed by atoms with E-state index in [-0.39, 0.29) is 18.0 Å². The molecule has 0 aromatic heterocycles. The maximum atomic E-state index is 13.2. The molecule has 0 bridgehead atoms. The highest BCUT2D eigenvalue weighted by Gasteiger charge is 2.14. The summed E-state index contributed by atoms with van der Waals surface area (Å²) < 4.78 is 36.6. The summed E-state index contributed by atoms with van der Waals surface area (Å²) in [5, 5.41) is 9.99. The van der Waals surface area contributed by atoms with E-state index in [2.05, 4.69) is 0 Å². The highest BCUT2D eigenvalue weighted by Crippen LogP contribution is 2.29. The molecular formula is C17H16F2O4. The molecule has 0 aliphatic carbocycles. The number of aliphatic hydroxyl groups excluding tert-OH is 1. The van der Waals surface area contributed by atoms with E-state index < -0.39 is 17.7 Å². The van der Waals surface area contributed by atoms with Crippen LogP contribution in [0.1, 0.15) is 28.9 Å². The summed E-state index contributed by atoms with van der Waals surface area (Å²) in [4.78, 5) is 11.3. The fourth-order valence-electron chi connectivity index (χ4n) is 1.99. The lowest BCUT2D eigenvalue weighted by atomic mass is 10.1. The van der Waals surface area contributed by atoms with Gasteiger partial charge in [0.05, 0.1) is 7.11 Å². The Morgan fingerprint density at radius 2 is 1.87 bits per heavy atom. The molecule has 122 valence electrons. The van der Waals surface area contributed by atoms with E-state index in [0.717, 1.165) is 12.1 Å². The van der Waals surface area contributed by atoms with Gasteiger partial charge in [0.25, 0.3) is 0 Å². The maximum absolute atomic E-state index is 13.2. The number of hydrogen-bond acceptors (Lipinski definition) is 4. The molecule has 23 heavy (non-hydrogen) atoms. The number of ketones is 1. The Labute approximate surface area is 132 Å². The van der Waals surface area contributed by atoms with Crippen LogP contribution < -0.4 is 9.47 Å². The maximum Gasteiger partial charge on any atom is 0.161 e. The molecule has 1 unspecified atom stereocenters. The molecule has 0 aliphatic heterocycles. The van der Waals surface area contributed by atoms with E-state index in [1.165, 1.54) is 26.2 Å². The molecule has 2 rings (SSSR count). The van der Waals surface area contributed by atoms with Gasteiger partial charge in [-0.3, -0.25) is 4.79 Å². The van der Waals surface area contributed by atoms with Crippen LogP contribution in [0.4, 0.5) is 8.78 Å². The van der Waals surface area contributed by atoms with E-state index in [1.807, 2.05) is 0 Å². The zero-order valence-electron chi connectivity index (χ0n) is 12.7. The first-order valence-corrected chi connectivity index (χ1v) is 6.87. The van der Waals surface area contributed by atoms with Crippen molar-refractivity contribution in [3.63, 3.8) is 0 Å². The Kier molecular flexibility index (Phi) is 5.28. The van der Waals surface area contributed by atoms with Crippen LogP contribution in [0.15, 0.2) is 36.4 Å². The fourth-order valence-corrected chi connectivity index (χ4v) is 1.99. The fraction of sp³-hybridized carbons (Fsp3) is 0.235.